The van der Waals surface area contributed by atoms with Crippen molar-refractivity contribution in [3.05, 3.63) is 0 Å². The summed E-state index contributed by atoms with van der Waals surface area (Å²) < 4.78 is 0. The Morgan fingerprint density at radius 1 is 0.955 bits per heavy atom. The first kappa shape index (κ1) is 20.5. The first-order valence-electron chi connectivity index (χ1n) is 7.20. The topological polar surface area (TPSA) is 145 Å². The molecule has 0 aliphatic rings. The van der Waals surface area contributed by atoms with Crippen LogP contribution in [-0.4, -0.2) is 46.4 Å². The fourth-order valence-electron chi connectivity index (χ4n) is 1.94. The third-order valence-corrected chi connectivity index (χ3v) is 3.64. The number of aliphatic carboxylic acids is 2. The lowest BCUT2D eigenvalue weighted by Crippen LogP contribution is -2.50. The summed E-state index contributed by atoms with van der Waals surface area (Å²) in [6, 6.07) is 0. The molecule has 0 amide bonds. The molecular weight excluding hydrogens is 292 g/mol. The maximum absolute atomic E-state index is 11.5. The number of azo groups is 1. The van der Waals surface area contributed by atoms with Gasteiger partial charge in [-0.3, -0.25) is 0 Å². The molecule has 8 heteroatoms. The van der Waals surface area contributed by atoms with Gasteiger partial charge < -0.3 is 30.0 Å². The number of carboxylic acids is 2. The van der Waals surface area contributed by atoms with Crippen molar-refractivity contribution in [2.45, 2.75) is 57.5 Å². The number of aliphatic hydroxyl groups is 2. The van der Waals surface area contributed by atoms with Gasteiger partial charge in [-0.2, -0.15) is 10.2 Å². The van der Waals surface area contributed by atoms with Crippen molar-refractivity contribution in [2.24, 2.45) is 16.1 Å². The van der Waals surface area contributed by atoms with Crippen molar-refractivity contribution in [1.29, 1.82) is 0 Å². The molecule has 1 atom stereocenters. The smallest absolute Gasteiger partial charge is 0.121 e. The molecule has 0 spiro atoms. The second kappa shape index (κ2) is 8.79. The molecule has 0 saturated heterocycles. The highest BCUT2D eigenvalue weighted by Gasteiger charge is 2.36. The lowest BCUT2D eigenvalue weighted by molar-refractivity contribution is -0.316. The van der Waals surface area contributed by atoms with Gasteiger partial charge in [0, 0.05) is 13.2 Å². The van der Waals surface area contributed by atoms with Gasteiger partial charge in [0.25, 0.3) is 0 Å². The number of hydrogen-bond acceptors (Lipinski definition) is 8. The molecule has 0 rings (SSSR count). The summed E-state index contributed by atoms with van der Waals surface area (Å²) in [5.41, 5.74) is -3.40. The standard InChI is InChI=1S/C14H26N2O6/c1-13(2,11(19)20)15-16-14(3,12(21)22)10(6-4-8-17)7-5-9-18/h10,17-18H,4-9H2,1-3H3,(H,19,20)(H,21,22)/p-2. The highest BCUT2D eigenvalue weighted by Crippen LogP contribution is 2.31. The molecule has 0 aliphatic heterocycles. The minimum atomic E-state index is -1.74. The molecule has 2 N–H and O–H groups in total. The number of hydrogen-bond donors (Lipinski definition) is 2. The molecule has 0 fully saturated rings. The maximum atomic E-state index is 11.5. The number of carboxylic acid groups (broad SMARTS) is 2. The molecule has 0 heterocycles. The monoisotopic (exact) mass is 316 g/mol. The summed E-state index contributed by atoms with van der Waals surface area (Å²) in [4.78, 5) is 22.5. The number of aliphatic hydroxyl groups excluding tert-OH is 2. The third-order valence-electron chi connectivity index (χ3n) is 3.64. The zero-order valence-corrected chi connectivity index (χ0v) is 13.2. The van der Waals surface area contributed by atoms with Crippen LogP contribution in [0.15, 0.2) is 10.2 Å². The number of carbonyl (C=O) groups excluding carboxylic acids is 2. The fourth-order valence-corrected chi connectivity index (χ4v) is 1.94. The number of nitrogens with zero attached hydrogens (tertiary/aromatic N) is 2. The molecule has 0 bridgehead atoms. The Balaban J connectivity index is 5.44. The first-order valence-corrected chi connectivity index (χ1v) is 7.20. The molecule has 8 nitrogen and oxygen atoms in total. The highest BCUT2D eigenvalue weighted by atomic mass is 16.4. The van der Waals surface area contributed by atoms with E-state index in [1.807, 2.05) is 0 Å². The summed E-state index contributed by atoms with van der Waals surface area (Å²) >= 11 is 0. The van der Waals surface area contributed by atoms with Gasteiger partial charge in [-0.1, -0.05) is 0 Å². The second-order valence-corrected chi connectivity index (χ2v) is 5.91. The van der Waals surface area contributed by atoms with Crippen LogP contribution < -0.4 is 10.2 Å². The lowest BCUT2D eigenvalue weighted by atomic mass is 9.80. The SMILES string of the molecule is CC(C)(N=NC(C)(C(=O)[O-])C(CCCO)CCCO)C(=O)[O-]. The second-order valence-electron chi connectivity index (χ2n) is 5.91. The quantitative estimate of drug-likeness (QED) is 0.450. The van der Waals surface area contributed by atoms with Gasteiger partial charge in [0.05, 0.1) is 11.9 Å². The van der Waals surface area contributed by atoms with E-state index in [-0.39, 0.29) is 13.2 Å². The van der Waals surface area contributed by atoms with E-state index in [1.165, 1.54) is 20.8 Å². The van der Waals surface area contributed by atoms with E-state index >= 15 is 0 Å². The van der Waals surface area contributed by atoms with E-state index in [0.717, 1.165) is 0 Å². The van der Waals surface area contributed by atoms with E-state index < -0.39 is 28.9 Å². The molecule has 0 aromatic heterocycles. The van der Waals surface area contributed by atoms with E-state index in [9.17, 15) is 19.8 Å². The van der Waals surface area contributed by atoms with Crippen LogP contribution in [0, 0.1) is 5.92 Å². The van der Waals surface area contributed by atoms with Crippen molar-refractivity contribution in [3.8, 4) is 0 Å². The van der Waals surface area contributed by atoms with Gasteiger partial charge >= 0.3 is 0 Å². The minimum absolute atomic E-state index is 0.111. The van der Waals surface area contributed by atoms with Gasteiger partial charge in [0.1, 0.15) is 11.1 Å². The molecule has 0 aromatic carbocycles. The molecule has 128 valence electrons. The summed E-state index contributed by atoms with van der Waals surface area (Å²) in [5.74, 6) is -3.50. The predicted octanol–water partition coefficient (Wildman–Crippen LogP) is -1.36. The Kier molecular flexibility index (Phi) is 8.18. The average molecular weight is 316 g/mol. The van der Waals surface area contributed by atoms with Gasteiger partial charge in [0.15, 0.2) is 0 Å². The Bertz CT molecular complexity index is 402. The average Bonchev–Trinajstić information content (AvgIpc) is 2.44. The largest absolute Gasteiger partial charge is 0.547 e. The minimum Gasteiger partial charge on any atom is -0.547 e. The molecule has 0 aromatic rings. The van der Waals surface area contributed by atoms with Crippen LogP contribution in [0.5, 0.6) is 0 Å². The summed E-state index contributed by atoms with van der Waals surface area (Å²) in [6.07, 6.45) is 1.40. The van der Waals surface area contributed by atoms with E-state index in [2.05, 4.69) is 10.2 Å². The van der Waals surface area contributed by atoms with Gasteiger partial charge in [-0.25, -0.2) is 0 Å². The van der Waals surface area contributed by atoms with Crippen LogP contribution in [0.3, 0.4) is 0 Å². The van der Waals surface area contributed by atoms with Crippen molar-refractivity contribution in [1.82, 2.24) is 0 Å². The van der Waals surface area contributed by atoms with Crippen LogP contribution in [0.4, 0.5) is 0 Å². The van der Waals surface area contributed by atoms with Crippen LogP contribution in [0.2, 0.25) is 0 Å². The Morgan fingerprint density at radius 2 is 1.41 bits per heavy atom. The maximum Gasteiger partial charge on any atom is 0.121 e. The van der Waals surface area contributed by atoms with Crippen molar-refractivity contribution < 1.29 is 30.0 Å². The zero-order chi connectivity index (χ0) is 17.4. The van der Waals surface area contributed by atoms with Crippen LogP contribution in [0.25, 0.3) is 0 Å². The van der Waals surface area contributed by atoms with Crippen molar-refractivity contribution in [2.75, 3.05) is 13.2 Å². The Hall–Kier alpha value is -1.54. The van der Waals surface area contributed by atoms with Crippen LogP contribution >= 0.6 is 0 Å². The fraction of sp³-hybridized carbons (Fsp3) is 0.857. The number of rotatable bonds is 11. The van der Waals surface area contributed by atoms with Gasteiger partial charge in [-0.15, -0.1) is 0 Å². The molecule has 0 saturated carbocycles. The molecule has 0 aliphatic carbocycles. The molecular formula is C14H24N2O6-2. The van der Waals surface area contributed by atoms with E-state index in [4.69, 9.17) is 10.2 Å². The lowest BCUT2D eigenvalue weighted by Gasteiger charge is -2.35. The molecule has 1 unspecified atom stereocenters. The molecule has 22 heavy (non-hydrogen) atoms. The van der Waals surface area contributed by atoms with E-state index in [0.29, 0.717) is 25.7 Å². The Labute approximate surface area is 129 Å². The third kappa shape index (κ3) is 5.69. The zero-order valence-electron chi connectivity index (χ0n) is 13.2. The summed E-state index contributed by atoms with van der Waals surface area (Å²) in [5, 5.41) is 47.6. The van der Waals surface area contributed by atoms with Gasteiger partial charge in [0.2, 0.25) is 0 Å². The predicted molar refractivity (Wildman–Crippen MR) is 73.5 cm³/mol. The van der Waals surface area contributed by atoms with Crippen molar-refractivity contribution in [3.63, 3.8) is 0 Å². The highest BCUT2D eigenvalue weighted by molar-refractivity contribution is 5.77. The number of carbonyl (C=O) groups is 2. The summed E-state index contributed by atoms with van der Waals surface area (Å²) in [7, 11) is 0. The van der Waals surface area contributed by atoms with Gasteiger partial charge in [-0.05, 0) is 52.4 Å². The Morgan fingerprint density at radius 3 is 1.73 bits per heavy atom. The molecule has 0 radical (unpaired) electrons. The normalized spacial score (nSPS) is 15.2. The van der Waals surface area contributed by atoms with Crippen LogP contribution in [-0.2, 0) is 9.59 Å². The summed E-state index contributed by atoms with van der Waals surface area (Å²) in [6.45, 7) is 3.58. The van der Waals surface area contributed by atoms with Crippen molar-refractivity contribution >= 4 is 11.9 Å². The van der Waals surface area contributed by atoms with E-state index in [1.54, 1.807) is 0 Å². The first-order chi connectivity index (χ1) is 10.1. The van der Waals surface area contributed by atoms with Crippen LogP contribution in [0.1, 0.15) is 46.5 Å².